The van der Waals surface area contributed by atoms with Gasteiger partial charge in [-0.15, -0.1) is 0 Å². The molecular formula is C11H11Cl2NO3. The Labute approximate surface area is 109 Å². The lowest BCUT2D eigenvalue weighted by Gasteiger charge is -2.14. The molecule has 0 saturated carbocycles. The second kappa shape index (κ2) is 5.58. The third-order valence-corrected chi connectivity index (χ3v) is 2.88. The largest absolute Gasteiger partial charge is 0.482 e. The standard InChI is InChI=1S/C11H11Cl2NO3/c12-8-1-2-10(9(13)5-8)17-6-11(15)14-3-4-16-7-14/h1-2,5H,3-4,6-7H2. The van der Waals surface area contributed by atoms with E-state index in [4.69, 9.17) is 32.7 Å². The van der Waals surface area contributed by atoms with E-state index in [1.807, 2.05) is 0 Å². The fraction of sp³-hybridized carbons (Fsp3) is 0.364. The van der Waals surface area contributed by atoms with Crippen LogP contribution < -0.4 is 4.74 Å². The average Bonchev–Trinajstić information content (AvgIpc) is 2.81. The maximum atomic E-state index is 11.6. The van der Waals surface area contributed by atoms with Gasteiger partial charge in [0, 0.05) is 11.6 Å². The van der Waals surface area contributed by atoms with Gasteiger partial charge in [-0.1, -0.05) is 23.2 Å². The van der Waals surface area contributed by atoms with Crippen LogP contribution in [-0.4, -0.2) is 37.3 Å². The minimum atomic E-state index is -0.117. The molecule has 1 aromatic carbocycles. The minimum Gasteiger partial charge on any atom is -0.482 e. The van der Waals surface area contributed by atoms with Crippen molar-refractivity contribution >= 4 is 29.1 Å². The Kier molecular flexibility index (Phi) is 4.10. The predicted molar refractivity (Wildman–Crippen MR) is 64.5 cm³/mol. The Hall–Kier alpha value is -0.970. The molecule has 0 aromatic heterocycles. The normalized spacial score (nSPS) is 15.1. The number of carbonyl (C=O) groups is 1. The first-order valence-corrected chi connectivity index (χ1v) is 5.86. The number of hydrogen-bond acceptors (Lipinski definition) is 3. The highest BCUT2D eigenvalue weighted by atomic mass is 35.5. The topological polar surface area (TPSA) is 38.8 Å². The van der Waals surface area contributed by atoms with E-state index in [-0.39, 0.29) is 12.5 Å². The van der Waals surface area contributed by atoms with Crippen molar-refractivity contribution in [3.8, 4) is 5.75 Å². The summed E-state index contributed by atoms with van der Waals surface area (Å²) >= 11 is 11.7. The summed E-state index contributed by atoms with van der Waals surface area (Å²) in [6, 6.07) is 4.87. The van der Waals surface area contributed by atoms with E-state index >= 15 is 0 Å². The molecule has 1 aliphatic rings. The van der Waals surface area contributed by atoms with E-state index in [0.717, 1.165) is 0 Å². The molecule has 1 aromatic rings. The van der Waals surface area contributed by atoms with E-state index in [2.05, 4.69) is 0 Å². The third-order valence-electron chi connectivity index (χ3n) is 2.35. The molecule has 0 aliphatic carbocycles. The second-order valence-electron chi connectivity index (χ2n) is 3.56. The number of carbonyl (C=O) groups excluding carboxylic acids is 1. The van der Waals surface area contributed by atoms with Gasteiger partial charge >= 0.3 is 0 Å². The number of benzene rings is 1. The summed E-state index contributed by atoms with van der Waals surface area (Å²) in [5.41, 5.74) is 0. The highest BCUT2D eigenvalue weighted by molar-refractivity contribution is 6.35. The molecule has 0 bridgehead atoms. The Morgan fingerprint density at radius 3 is 2.94 bits per heavy atom. The first kappa shape index (κ1) is 12.5. The molecule has 4 nitrogen and oxygen atoms in total. The number of hydrogen-bond donors (Lipinski definition) is 0. The summed E-state index contributed by atoms with van der Waals surface area (Å²) in [7, 11) is 0. The molecule has 0 N–H and O–H groups in total. The van der Waals surface area contributed by atoms with Crippen molar-refractivity contribution in [2.75, 3.05) is 26.5 Å². The van der Waals surface area contributed by atoms with Crippen molar-refractivity contribution in [2.45, 2.75) is 0 Å². The van der Waals surface area contributed by atoms with Crippen LogP contribution in [0.1, 0.15) is 0 Å². The first-order chi connectivity index (χ1) is 8.16. The zero-order valence-electron chi connectivity index (χ0n) is 8.99. The quantitative estimate of drug-likeness (QED) is 0.849. The minimum absolute atomic E-state index is 0.0509. The van der Waals surface area contributed by atoms with E-state index in [0.29, 0.717) is 35.7 Å². The van der Waals surface area contributed by atoms with Gasteiger partial charge in [-0.25, -0.2) is 0 Å². The van der Waals surface area contributed by atoms with Crippen molar-refractivity contribution in [1.82, 2.24) is 4.90 Å². The molecule has 1 heterocycles. The third kappa shape index (κ3) is 3.25. The molecule has 0 unspecified atom stereocenters. The lowest BCUT2D eigenvalue weighted by Crippen LogP contribution is -2.32. The molecule has 2 rings (SSSR count). The number of nitrogens with zero attached hydrogens (tertiary/aromatic N) is 1. The summed E-state index contributed by atoms with van der Waals surface area (Å²) in [4.78, 5) is 13.2. The van der Waals surface area contributed by atoms with Crippen molar-refractivity contribution in [1.29, 1.82) is 0 Å². The van der Waals surface area contributed by atoms with Crippen molar-refractivity contribution in [2.24, 2.45) is 0 Å². The molecule has 1 fully saturated rings. The lowest BCUT2D eigenvalue weighted by molar-refractivity contribution is -0.133. The number of halogens is 2. The van der Waals surface area contributed by atoms with Gasteiger partial charge in [0.05, 0.1) is 11.6 Å². The summed E-state index contributed by atoms with van der Waals surface area (Å²) < 4.78 is 10.4. The second-order valence-corrected chi connectivity index (χ2v) is 4.40. The smallest absolute Gasteiger partial charge is 0.262 e. The average molecular weight is 276 g/mol. The highest BCUT2D eigenvalue weighted by Gasteiger charge is 2.18. The first-order valence-electron chi connectivity index (χ1n) is 5.10. The van der Waals surface area contributed by atoms with Gasteiger partial charge in [0.1, 0.15) is 12.5 Å². The van der Waals surface area contributed by atoms with E-state index in [9.17, 15) is 4.79 Å². The molecule has 0 atom stereocenters. The SMILES string of the molecule is O=C(COc1ccc(Cl)cc1Cl)N1CCOC1. The van der Waals surface area contributed by atoms with Crippen LogP contribution in [0.3, 0.4) is 0 Å². The van der Waals surface area contributed by atoms with Gasteiger partial charge < -0.3 is 14.4 Å². The Morgan fingerprint density at radius 2 is 2.29 bits per heavy atom. The Balaban J connectivity index is 1.90. The van der Waals surface area contributed by atoms with Crippen LogP contribution >= 0.6 is 23.2 Å². The van der Waals surface area contributed by atoms with Crippen LogP contribution in [0.25, 0.3) is 0 Å². The molecule has 0 spiro atoms. The molecule has 1 amide bonds. The summed E-state index contributed by atoms with van der Waals surface area (Å²) in [5.74, 6) is 0.332. The highest BCUT2D eigenvalue weighted by Crippen LogP contribution is 2.27. The monoisotopic (exact) mass is 275 g/mol. The van der Waals surface area contributed by atoms with Gasteiger partial charge in [-0.3, -0.25) is 4.79 Å². The molecule has 92 valence electrons. The van der Waals surface area contributed by atoms with Crippen LogP contribution in [0.15, 0.2) is 18.2 Å². The number of ether oxygens (including phenoxy) is 2. The maximum absolute atomic E-state index is 11.6. The fourth-order valence-electron chi connectivity index (χ4n) is 1.43. The van der Waals surface area contributed by atoms with Crippen LogP contribution in [0.4, 0.5) is 0 Å². The molecule has 1 saturated heterocycles. The van der Waals surface area contributed by atoms with Crippen LogP contribution in [0.2, 0.25) is 10.0 Å². The number of amides is 1. The van der Waals surface area contributed by atoms with Gasteiger partial charge in [0.15, 0.2) is 6.61 Å². The van der Waals surface area contributed by atoms with Crippen LogP contribution in [-0.2, 0) is 9.53 Å². The zero-order chi connectivity index (χ0) is 12.3. The van der Waals surface area contributed by atoms with Gasteiger partial charge in [-0.05, 0) is 18.2 Å². The predicted octanol–water partition coefficient (Wildman–Crippen LogP) is 2.19. The van der Waals surface area contributed by atoms with E-state index < -0.39 is 0 Å². The zero-order valence-corrected chi connectivity index (χ0v) is 10.5. The van der Waals surface area contributed by atoms with Gasteiger partial charge in [0.25, 0.3) is 5.91 Å². The molecule has 17 heavy (non-hydrogen) atoms. The van der Waals surface area contributed by atoms with Gasteiger partial charge in [0.2, 0.25) is 0 Å². The fourth-order valence-corrected chi connectivity index (χ4v) is 1.90. The Morgan fingerprint density at radius 1 is 1.47 bits per heavy atom. The summed E-state index contributed by atoms with van der Waals surface area (Å²) in [6.07, 6.45) is 0. The summed E-state index contributed by atoms with van der Waals surface area (Å²) in [6.45, 7) is 1.46. The van der Waals surface area contributed by atoms with E-state index in [1.165, 1.54) is 0 Å². The van der Waals surface area contributed by atoms with Crippen molar-refractivity contribution in [3.05, 3.63) is 28.2 Å². The van der Waals surface area contributed by atoms with Crippen LogP contribution in [0, 0.1) is 0 Å². The van der Waals surface area contributed by atoms with Crippen molar-refractivity contribution < 1.29 is 14.3 Å². The molecule has 1 aliphatic heterocycles. The van der Waals surface area contributed by atoms with Crippen LogP contribution in [0.5, 0.6) is 5.75 Å². The van der Waals surface area contributed by atoms with Gasteiger partial charge in [-0.2, -0.15) is 0 Å². The molecule has 0 radical (unpaired) electrons. The van der Waals surface area contributed by atoms with Crippen molar-refractivity contribution in [3.63, 3.8) is 0 Å². The maximum Gasteiger partial charge on any atom is 0.262 e. The lowest BCUT2D eigenvalue weighted by atomic mass is 10.3. The Bertz CT molecular complexity index is 419. The number of rotatable bonds is 3. The molecular weight excluding hydrogens is 265 g/mol. The summed E-state index contributed by atoms with van der Waals surface area (Å²) in [5, 5.41) is 0.921. The van der Waals surface area contributed by atoms with E-state index in [1.54, 1.807) is 23.1 Å². The molecule has 6 heteroatoms.